The van der Waals surface area contributed by atoms with Crippen LogP contribution in [0.15, 0.2) is 38.6 Å². The number of halogens is 1. The van der Waals surface area contributed by atoms with Crippen molar-refractivity contribution in [3.63, 3.8) is 0 Å². The van der Waals surface area contributed by atoms with Crippen LogP contribution in [0.1, 0.15) is 0 Å². The monoisotopic (exact) mass is 340 g/mol. The Kier molecular flexibility index (Phi) is 2.96. The molecule has 3 aromatic heterocycles. The predicted molar refractivity (Wildman–Crippen MR) is 92.4 cm³/mol. The Hall–Kier alpha value is -3.29. The maximum absolute atomic E-state index is 13.5. The first-order valence-corrected chi connectivity index (χ1v) is 7.50. The molecule has 126 valence electrons. The van der Waals surface area contributed by atoms with Crippen molar-refractivity contribution in [2.24, 2.45) is 21.1 Å². The predicted octanol–water partition coefficient (Wildman–Crippen LogP) is 0.776. The quantitative estimate of drug-likeness (QED) is 0.350. The average molecular weight is 340 g/mol. The molecule has 0 radical (unpaired) electrons. The average Bonchev–Trinajstić information content (AvgIpc) is 2.59. The molecule has 0 unspecified atom stereocenters. The van der Waals surface area contributed by atoms with E-state index in [4.69, 9.17) is 0 Å². The minimum atomic E-state index is -0.554. The normalized spacial score (nSPS) is 11.7. The minimum absolute atomic E-state index is 0.146. The lowest BCUT2D eigenvalue weighted by atomic mass is 10.1. The van der Waals surface area contributed by atoms with Gasteiger partial charge in [0.15, 0.2) is 0 Å². The van der Waals surface area contributed by atoms with Crippen LogP contribution in [0.4, 0.5) is 4.39 Å². The molecule has 4 aromatic rings. The maximum atomic E-state index is 13.5. The zero-order valence-corrected chi connectivity index (χ0v) is 13.7. The zero-order chi connectivity index (χ0) is 18.0. The van der Waals surface area contributed by atoms with E-state index in [1.54, 1.807) is 6.07 Å². The van der Waals surface area contributed by atoms with Gasteiger partial charge < -0.3 is 0 Å². The van der Waals surface area contributed by atoms with Crippen LogP contribution in [-0.2, 0) is 21.1 Å². The fourth-order valence-corrected chi connectivity index (χ4v) is 3.20. The summed E-state index contributed by atoms with van der Waals surface area (Å²) in [4.78, 5) is 42.0. The fourth-order valence-electron chi connectivity index (χ4n) is 3.20. The van der Waals surface area contributed by atoms with Gasteiger partial charge in [-0.15, -0.1) is 0 Å². The highest BCUT2D eigenvalue weighted by atomic mass is 19.1. The summed E-state index contributed by atoms with van der Waals surface area (Å²) in [5.41, 5.74) is -0.815. The van der Waals surface area contributed by atoms with E-state index in [0.717, 1.165) is 4.57 Å². The Morgan fingerprint density at radius 3 is 2.36 bits per heavy atom. The first-order valence-electron chi connectivity index (χ1n) is 7.50. The lowest BCUT2D eigenvalue weighted by Crippen LogP contribution is -2.39. The van der Waals surface area contributed by atoms with Gasteiger partial charge in [0.25, 0.3) is 11.1 Å². The minimum Gasteiger partial charge on any atom is -0.296 e. The SMILES string of the molecule is Cn1c(=O)c2c3nc4cc(F)ccc4cc3c(=O)n(C)c2n(C)c1=O. The molecule has 0 aliphatic heterocycles. The Balaban J connectivity index is 2.44. The van der Waals surface area contributed by atoms with E-state index in [1.165, 1.54) is 48.5 Å². The molecule has 7 nitrogen and oxygen atoms in total. The van der Waals surface area contributed by atoms with Crippen LogP contribution in [0.3, 0.4) is 0 Å². The van der Waals surface area contributed by atoms with Crippen LogP contribution in [0, 0.1) is 5.82 Å². The lowest BCUT2D eigenvalue weighted by Gasteiger charge is -2.13. The van der Waals surface area contributed by atoms with E-state index in [2.05, 4.69) is 4.98 Å². The molecule has 4 rings (SSSR count). The summed E-state index contributed by atoms with van der Waals surface area (Å²) in [6, 6.07) is 5.64. The van der Waals surface area contributed by atoms with Gasteiger partial charge in [0.1, 0.15) is 16.9 Å². The molecule has 0 atom stereocenters. The largest absolute Gasteiger partial charge is 0.332 e. The van der Waals surface area contributed by atoms with Crippen LogP contribution in [-0.4, -0.2) is 18.7 Å². The van der Waals surface area contributed by atoms with Gasteiger partial charge in [-0.25, -0.2) is 14.2 Å². The number of rotatable bonds is 0. The van der Waals surface area contributed by atoms with Crippen LogP contribution in [0.5, 0.6) is 0 Å². The van der Waals surface area contributed by atoms with Gasteiger partial charge in [0.05, 0.1) is 16.4 Å². The smallest absolute Gasteiger partial charge is 0.296 e. The Morgan fingerprint density at radius 1 is 0.920 bits per heavy atom. The van der Waals surface area contributed by atoms with Gasteiger partial charge in [-0.1, -0.05) is 0 Å². The number of hydrogen-bond donors (Lipinski definition) is 0. The number of aryl methyl sites for hydroxylation is 2. The third-order valence-corrected chi connectivity index (χ3v) is 4.50. The molecule has 3 heterocycles. The van der Waals surface area contributed by atoms with Crippen molar-refractivity contribution in [2.75, 3.05) is 0 Å². The van der Waals surface area contributed by atoms with Crippen molar-refractivity contribution >= 4 is 32.8 Å². The summed E-state index contributed by atoms with van der Waals surface area (Å²) in [5.74, 6) is -0.465. The third-order valence-electron chi connectivity index (χ3n) is 4.50. The van der Waals surface area contributed by atoms with Crippen LogP contribution in [0.25, 0.3) is 32.8 Å². The summed E-state index contributed by atoms with van der Waals surface area (Å²) >= 11 is 0. The molecule has 0 bridgehead atoms. The van der Waals surface area contributed by atoms with Gasteiger partial charge in [0, 0.05) is 32.6 Å². The van der Waals surface area contributed by atoms with Gasteiger partial charge in [-0.2, -0.15) is 0 Å². The number of aromatic nitrogens is 4. The highest BCUT2D eigenvalue weighted by molar-refractivity contribution is 6.05. The lowest BCUT2D eigenvalue weighted by molar-refractivity contribution is 0.629. The van der Waals surface area contributed by atoms with Gasteiger partial charge in [-0.05, 0) is 18.2 Å². The molecule has 25 heavy (non-hydrogen) atoms. The molecular weight excluding hydrogens is 327 g/mol. The molecule has 0 fully saturated rings. The van der Waals surface area contributed by atoms with E-state index in [9.17, 15) is 18.8 Å². The summed E-state index contributed by atoms with van der Waals surface area (Å²) in [5, 5.41) is 0.977. The first kappa shape index (κ1) is 15.3. The van der Waals surface area contributed by atoms with Gasteiger partial charge in [0.2, 0.25) is 0 Å². The Labute approximate surface area is 139 Å². The molecule has 0 aliphatic carbocycles. The fraction of sp³-hybridized carbons (Fsp3) is 0.176. The van der Waals surface area contributed by atoms with Crippen molar-refractivity contribution in [1.82, 2.24) is 18.7 Å². The number of pyridine rings is 2. The highest BCUT2D eigenvalue weighted by Gasteiger charge is 2.18. The topological polar surface area (TPSA) is 78.9 Å². The highest BCUT2D eigenvalue weighted by Crippen LogP contribution is 2.22. The molecule has 1 aromatic carbocycles. The van der Waals surface area contributed by atoms with Crippen molar-refractivity contribution in [3.05, 3.63) is 61.3 Å². The summed E-state index contributed by atoms with van der Waals surface area (Å²) in [6.07, 6.45) is 0. The number of hydrogen-bond acceptors (Lipinski definition) is 4. The van der Waals surface area contributed by atoms with Crippen LogP contribution < -0.4 is 16.8 Å². The maximum Gasteiger partial charge on any atom is 0.332 e. The van der Waals surface area contributed by atoms with Gasteiger partial charge in [-0.3, -0.25) is 23.3 Å². The van der Waals surface area contributed by atoms with E-state index < -0.39 is 17.1 Å². The van der Waals surface area contributed by atoms with Crippen molar-refractivity contribution in [2.45, 2.75) is 0 Å². The molecule has 0 aliphatic rings. The summed E-state index contributed by atoms with van der Waals surface area (Å²) < 4.78 is 17.0. The molecule has 8 heteroatoms. The van der Waals surface area contributed by atoms with Crippen LogP contribution in [0.2, 0.25) is 0 Å². The molecule has 0 saturated heterocycles. The van der Waals surface area contributed by atoms with Crippen LogP contribution >= 0.6 is 0 Å². The number of benzene rings is 1. The second kappa shape index (κ2) is 4.85. The van der Waals surface area contributed by atoms with Gasteiger partial charge >= 0.3 is 5.69 Å². The molecule has 0 amide bonds. The zero-order valence-electron chi connectivity index (χ0n) is 13.7. The Morgan fingerprint density at radius 2 is 1.64 bits per heavy atom. The second-order valence-corrected chi connectivity index (χ2v) is 5.99. The standard InChI is InChI=1S/C17H13FN4O3/c1-20-14-12(16(24)22(3)17(25)21(14)2)13-10(15(20)23)6-8-4-5-9(18)7-11(8)19-13/h4-7H,1-3H3. The van der Waals surface area contributed by atoms with Crippen molar-refractivity contribution in [1.29, 1.82) is 0 Å². The first-order chi connectivity index (χ1) is 11.8. The second-order valence-electron chi connectivity index (χ2n) is 5.99. The Bertz CT molecular complexity index is 1400. The summed E-state index contributed by atoms with van der Waals surface area (Å²) in [7, 11) is 4.34. The van der Waals surface area contributed by atoms with E-state index in [1.807, 2.05) is 0 Å². The van der Waals surface area contributed by atoms with E-state index in [0.29, 0.717) is 10.9 Å². The van der Waals surface area contributed by atoms with Crippen molar-refractivity contribution in [3.8, 4) is 0 Å². The molecular formula is C17H13FN4O3. The molecule has 0 N–H and O–H groups in total. The van der Waals surface area contributed by atoms with E-state index >= 15 is 0 Å². The third kappa shape index (κ3) is 1.90. The molecule has 0 saturated carbocycles. The molecule has 0 spiro atoms. The number of fused-ring (bicyclic) bond motifs is 4. The van der Waals surface area contributed by atoms with E-state index in [-0.39, 0.29) is 27.5 Å². The number of nitrogens with zero attached hydrogens (tertiary/aromatic N) is 4. The summed E-state index contributed by atoms with van der Waals surface area (Å²) in [6.45, 7) is 0. The van der Waals surface area contributed by atoms with Crippen molar-refractivity contribution < 1.29 is 4.39 Å².